The van der Waals surface area contributed by atoms with Gasteiger partial charge in [0.15, 0.2) is 0 Å². The number of ether oxygens (including phenoxy) is 2. The quantitative estimate of drug-likeness (QED) is 0.728. The monoisotopic (exact) mass is 373 g/mol. The number of para-hydroxylation sites is 1. The van der Waals surface area contributed by atoms with Crippen LogP contribution < -0.4 is 4.74 Å². The van der Waals surface area contributed by atoms with Gasteiger partial charge in [0.25, 0.3) is 0 Å². The van der Waals surface area contributed by atoms with Crippen LogP contribution in [0.2, 0.25) is 0 Å². The summed E-state index contributed by atoms with van der Waals surface area (Å²) in [7, 11) is -3.77. The fraction of sp³-hybridized carbons (Fsp3) is 0.316. The molecule has 0 N–H and O–H groups in total. The predicted octanol–water partition coefficient (Wildman–Crippen LogP) is 2.95. The normalized spacial score (nSPS) is 20.2. The van der Waals surface area contributed by atoms with Crippen molar-refractivity contribution in [3.05, 3.63) is 54.6 Å². The Balaban J connectivity index is 1.58. The molecule has 4 rings (SSSR count). The highest BCUT2D eigenvalue weighted by atomic mass is 32.2. The number of rotatable bonds is 6. The highest BCUT2D eigenvalue weighted by Gasteiger charge is 2.47. The summed E-state index contributed by atoms with van der Waals surface area (Å²) in [5.74, 6) is 0.773. The van der Waals surface area contributed by atoms with Crippen LogP contribution in [0.15, 0.2) is 59.5 Å². The molecule has 1 aliphatic carbocycles. The molecule has 1 heterocycles. The summed E-state index contributed by atoms with van der Waals surface area (Å²) in [4.78, 5) is 12.1. The average Bonchev–Trinajstić information content (AvgIpc) is 3.38. The molecular formula is C19H19NO5S. The van der Waals surface area contributed by atoms with Crippen LogP contribution in [0.1, 0.15) is 19.3 Å². The second kappa shape index (κ2) is 6.74. The minimum atomic E-state index is -3.77. The van der Waals surface area contributed by atoms with Crippen molar-refractivity contribution in [3.8, 4) is 11.5 Å². The van der Waals surface area contributed by atoms with E-state index in [1.807, 2.05) is 30.3 Å². The van der Waals surface area contributed by atoms with Gasteiger partial charge in [0.2, 0.25) is 10.0 Å². The molecule has 6 nitrogen and oxygen atoms in total. The molecule has 136 valence electrons. The Kier molecular flexibility index (Phi) is 4.42. The Hall–Kier alpha value is -2.38. The molecule has 0 aromatic heterocycles. The highest BCUT2D eigenvalue weighted by Crippen LogP contribution is 2.36. The maximum absolute atomic E-state index is 13.1. The minimum Gasteiger partial charge on any atom is -0.464 e. The lowest BCUT2D eigenvalue weighted by atomic mass is 10.2. The molecule has 1 aliphatic heterocycles. The first-order valence-corrected chi connectivity index (χ1v) is 10.0. The topological polar surface area (TPSA) is 72.9 Å². The molecule has 0 amide bonds. The van der Waals surface area contributed by atoms with Crippen molar-refractivity contribution in [1.29, 1.82) is 0 Å². The summed E-state index contributed by atoms with van der Waals surface area (Å²) in [6, 6.07) is 14.7. The third-order valence-electron chi connectivity index (χ3n) is 4.50. The number of carbonyl (C=O) groups is 1. The predicted molar refractivity (Wildman–Crippen MR) is 94.4 cm³/mol. The molecule has 0 bridgehead atoms. The van der Waals surface area contributed by atoms with Crippen molar-refractivity contribution in [3.63, 3.8) is 0 Å². The first-order chi connectivity index (χ1) is 12.6. The molecule has 2 aliphatic rings. The number of hydrogen-bond acceptors (Lipinski definition) is 5. The lowest BCUT2D eigenvalue weighted by Gasteiger charge is -2.25. The van der Waals surface area contributed by atoms with Gasteiger partial charge in [-0.1, -0.05) is 18.2 Å². The summed E-state index contributed by atoms with van der Waals surface area (Å²) in [6.45, 7) is 0.270. The van der Waals surface area contributed by atoms with Gasteiger partial charge in [-0.05, 0) is 49.2 Å². The van der Waals surface area contributed by atoms with Crippen LogP contribution in [0.5, 0.6) is 11.5 Å². The summed E-state index contributed by atoms with van der Waals surface area (Å²) in [5, 5.41) is 0. The molecule has 2 fully saturated rings. The number of nitrogens with zero attached hydrogens (tertiary/aromatic N) is 1. The number of benzene rings is 2. The van der Waals surface area contributed by atoms with Crippen molar-refractivity contribution >= 4 is 16.0 Å². The van der Waals surface area contributed by atoms with Crippen molar-refractivity contribution in [1.82, 2.24) is 4.31 Å². The smallest absolute Gasteiger partial charge is 0.324 e. The van der Waals surface area contributed by atoms with Gasteiger partial charge in [0.05, 0.1) is 11.5 Å². The van der Waals surface area contributed by atoms with Crippen molar-refractivity contribution in [2.75, 3.05) is 6.61 Å². The van der Waals surface area contributed by atoms with E-state index >= 15 is 0 Å². The lowest BCUT2D eigenvalue weighted by molar-refractivity contribution is -0.141. The van der Waals surface area contributed by atoms with Crippen molar-refractivity contribution in [2.24, 2.45) is 0 Å². The van der Waals surface area contributed by atoms with E-state index in [2.05, 4.69) is 0 Å². The van der Waals surface area contributed by atoms with Crippen LogP contribution in [0.25, 0.3) is 0 Å². The second-order valence-corrected chi connectivity index (χ2v) is 8.27. The standard InChI is InChI=1S/C19H19NO5S/c21-19-18(12-13-24-19)20(14-6-7-14)26(22,23)17-10-8-16(9-11-17)25-15-4-2-1-3-5-15/h1-5,8-11,14,18H,6-7,12-13H2. The molecule has 26 heavy (non-hydrogen) atoms. The van der Waals surface area contributed by atoms with Gasteiger partial charge in [-0.15, -0.1) is 0 Å². The first kappa shape index (κ1) is 17.1. The van der Waals surface area contributed by atoms with Gasteiger partial charge in [-0.3, -0.25) is 4.79 Å². The Morgan fingerprint density at radius 2 is 1.58 bits per heavy atom. The van der Waals surface area contributed by atoms with Crippen molar-refractivity contribution in [2.45, 2.75) is 36.2 Å². The van der Waals surface area contributed by atoms with E-state index in [1.54, 1.807) is 12.1 Å². The largest absolute Gasteiger partial charge is 0.464 e. The Bertz CT molecular complexity index is 891. The van der Waals surface area contributed by atoms with Crippen LogP contribution in [0, 0.1) is 0 Å². The third-order valence-corrected chi connectivity index (χ3v) is 6.48. The van der Waals surface area contributed by atoms with Gasteiger partial charge < -0.3 is 9.47 Å². The van der Waals surface area contributed by atoms with E-state index in [-0.39, 0.29) is 17.5 Å². The van der Waals surface area contributed by atoms with Gasteiger partial charge in [0.1, 0.15) is 17.5 Å². The molecule has 1 saturated carbocycles. The fourth-order valence-electron chi connectivity index (χ4n) is 3.09. The zero-order valence-corrected chi connectivity index (χ0v) is 14.9. The number of esters is 1. The van der Waals surface area contributed by atoms with E-state index < -0.39 is 22.0 Å². The van der Waals surface area contributed by atoms with E-state index in [4.69, 9.17) is 9.47 Å². The van der Waals surface area contributed by atoms with E-state index in [9.17, 15) is 13.2 Å². The number of carbonyl (C=O) groups excluding carboxylic acids is 1. The van der Waals surface area contributed by atoms with Crippen LogP contribution >= 0.6 is 0 Å². The maximum Gasteiger partial charge on any atom is 0.324 e. The zero-order chi connectivity index (χ0) is 18.1. The van der Waals surface area contributed by atoms with Gasteiger partial charge in [-0.2, -0.15) is 4.31 Å². The maximum atomic E-state index is 13.1. The molecule has 1 saturated heterocycles. The average molecular weight is 373 g/mol. The molecule has 0 radical (unpaired) electrons. The Labute approximate surface area is 152 Å². The lowest BCUT2D eigenvalue weighted by Crippen LogP contribution is -2.44. The molecule has 1 atom stereocenters. The van der Waals surface area contributed by atoms with Gasteiger partial charge >= 0.3 is 5.97 Å². The second-order valence-electron chi connectivity index (χ2n) is 6.42. The van der Waals surface area contributed by atoms with Gasteiger partial charge in [-0.25, -0.2) is 8.42 Å². The molecule has 0 spiro atoms. The van der Waals surface area contributed by atoms with Crippen LogP contribution in [-0.2, 0) is 19.6 Å². The summed E-state index contributed by atoms with van der Waals surface area (Å²) in [6.07, 6.45) is 1.96. The molecular weight excluding hydrogens is 354 g/mol. The Morgan fingerprint density at radius 1 is 0.923 bits per heavy atom. The van der Waals surface area contributed by atoms with E-state index in [0.717, 1.165) is 12.8 Å². The number of sulfonamides is 1. The summed E-state index contributed by atoms with van der Waals surface area (Å²) in [5.41, 5.74) is 0. The zero-order valence-electron chi connectivity index (χ0n) is 14.1. The third kappa shape index (κ3) is 3.32. The Morgan fingerprint density at radius 3 is 2.15 bits per heavy atom. The van der Waals surface area contributed by atoms with E-state index in [0.29, 0.717) is 17.9 Å². The summed E-state index contributed by atoms with van der Waals surface area (Å²) >= 11 is 0. The van der Waals surface area contributed by atoms with E-state index in [1.165, 1.54) is 16.4 Å². The van der Waals surface area contributed by atoms with Gasteiger partial charge in [0, 0.05) is 12.5 Å². The highest BCUT2D eigenvalue weighted by molar-refractivity contribution is 7.89. The molecule has 2 aromatic rings. The molecule has 7 heteroatoms. The number of hydrogen-bond donors (Lipinski definition) is 0. The van der Waals surface area contributed by atoms with Crippen LogP contribution in [0.4, 0.5) is 0 Å². The molecule has 2 aromatic carbocycles. The van der Waals surface area contributed by atoms with Crippen molar-refractivity contribution < 1.29 is 22.7 Å². The molecule has 1 unspecified atom stereocenters. The fourth-order valence-corrected chi connectivity index (χ4v) is 4.94. The summed E-state index contributed by atoms with van der Waals surface area (Å²) < 4.78 is 38.2. The first-order valence-electron chi connectivity index (χ1n) is 8.59. The van der Waals surface area contributed by atoms with Crippen LogP contribution in [0.3, 0.4) is 0 Å². The van der Waals surface area contributed by atoms with Crippen LogP contribution in [-0.4, -0.2) is 37.4 Å². The number of cyclic esters (lactones) is 1. The minimum absolute atomic E-state index is 0.115. The SMILES string of the molecule is O=C1OCCC1N(C1CC1)S(=O)(=O)c1ccc(Oc2ccccc2)cc1.